The molecule has 2 aromatic rings. The third-order valence-corrected chi connectivity index (χ3v) is 2.54. The Morgan fingerprint density at radius 1 is 1.33 bits per heavy atom. The van der Waals surface area contributed by atoms with Crippen molar-refractivity contribution >= 4 is 17.4 Å². The third-order valence-electron chi connectivity index (χ3n) is 2.25. The van der Waals surface area contributed by atoms with E-state index in [1.165, 1.54) is 31.6 Å². The Hall–Kier alpha value is -2.01. The molecule has 2 rings (SSSR count). The first-order chi connectivity index (χ1) is 8.63. The molecule has 0 unspecified atom stereocenters. The van der Waals surface area contributed by atoms with Crippen molar-refractivity contribution in [1.82, 2.24) is 9.97 Å². The van der Waals surface area contributed by atoms with Gasteiger partial charge in [-0.25, -0.2) is 14.4 Å². The van der Waals surface area contributed by atoms with Crippen LogP contribution in [0.4, 0.5) is 4.39 Å². The molecular weight excluding hydrogens is 259 g/mol. The maximum Gasteiger partial charge on any atom is 0.243 e. The largest absolute Gasteiger partial charge is 0.479 e. The van der Waals surface area contributed by atoms with Crippen LogP contribution < -0.4 is 4.74 Å². The lowest BCUT2D eigenvalue weighted by Crippen LogP contribution is -2.07. The number of ether oxygens (including phenoxy) is 1. The van der Waals surface area contributed by atoms with Gasteiger partial charge in [0, 0.05) is 18.0 Å². The zero-order valence-electron chi connectivity index (χ0n) is 9.35. The maximum atomic E-state index is 13.0. The number of halogens is 2. The van der Waals surface area contributed by atoms with Crippen LogP contribution >= 0.6 is 11.6 Å². The number of carbonyl (C=O) groups excluding carboxylic acids is 1. The first-order valence-corrected chi connectivity index (χ1v) is 5.36. The molecule has 0 radical (unpaired) electrons. The average Bonchev–Trinajstić information content (AvgIpc) is 2.41. The Bertz CT molecular complexity index is 604. The Labute approximate surface area is 107 Å². The molecule has 0 atom stereocenters. The van der Waals surface area contributed by atoms with E-state index < -0.39 is 11.6 Å². The Balaban J connectivity index is 2.44. The van der Waals surface area contributed by atoms with E-state index >= 15 is 0 Å². The smallest absolute Gasteiger partial charge is 0.243 e. The fraction of sp³-hybridized carbons (Fsp3) is 0.0833. The second-order valence-corrected chi connectivity index (χ2v) is 3.78. The molecule has 0 amide bonds. The first-order valence-electron chi connectivity index (χ1n) is 4.98. The summed E-state index contributed by atoms with van der Waals surface area (Å²) in [6, 6.07) is 3.70. The van der Waals surface area contributed by atoms with Gasteiger partial charge in [-0.3, -0.25) is 4.79 Å². The molecule has 0 saturated carbocycles. The van der Waals surface area contributed by atoms with Crippen LogP contribution in [0.5, 0.6) is 5.88 Å². The van der Waals surface area contributed by atoms with Crippen molar-refractivity contribution in [2.24, 2.45) is 0 Å². The number of rotatable bonds is 3. The van der Waals surface area contributed by atoms with E-state index in [0.29, 0.717) is 0 Å². The topological polar surface area (TPSA) is 52.1 Å². The number of ketones is 1. The highest BCUT2D eigenvalue weighted by molar-refractivity contribution is 6.31. The lowest BCUT2D eigenvalue weighted by Gasteiger charge is -2.05. The number of carbonyl (C=O) groups is 1. The number of hydrogen-bond donors (Lipinski definition) is 0. The number of nitrogens with zero attached hydrogens (tertiary/aromatic N) is 2. The monoisotopic (exact) mass is 266 g/mol. The van der Waals surface area contributed by atoms with Crippen molar-refractivity contribution in [3.05, 3.63) is 52.7 Å². The Morgan fingerprint density at radius 3 is 2.72 bits per heavy atom. The lowest BCUT2D eigenvalue weighted by atomic mass is 10.1. The van der Waals surface area contributed by atoms with E-state index in [1.54, 1.807) is 0 Å². The summed E-state index contributed by atoms with van der Waals surface area (Å²) in [5.41, 5.74) is 0.280. The lowest BCUT2D eigenvalue weighted by molar-refractivity contribution is 0.103. The van der Waals surface area contributed by atoms with Gasteiger partial charge in [0.2, 0.25) is 11.7 Å². The molecule has 0 aliphatic heterocycles. The summed E-state index contributed by atoms with van der Waals surface area (Å²) in [6.07, 6.45) is 2.79. The van der Waals surface area contributed by atoms with Gasteiger partial charge in [-0.1, -0.05) is 11.6 Å². The van der Waals surface area contributed by atoms with Crippen molar-refractivity contribution in [2.75, 3.05) is 7.11 Å². The van der Waals surface area contributed by atoms with Crippen LogP contribution in [0.3, 0.4) is 0 Å². The molecular formula is C12H8ClFN2O2. The van der Waals surface area contributed by atoms with Crippen LogP contribution in [0.15, 0.2) is 30.6 Å². The molecule has 6 heteroatoms. The predicted octanol–water partition coefficient (Wildman–Crippen LogP) is 2.51. The molecule has 0 fully saturated rings. The van der Waals surface area contributed by atoms with Crippen LogP contribution in [0.25, 0.3) is 0 Å². The summed E-state index contributed by atoms with van der Waals surface area (Å²) in [5, 5.41) is -0.122. The minimum Gasteiger partial charge on any atom is -0.479 e. The van der Waals surface area contributed by atoms with Crippen molar-refractivity contribution in [3.63, 3.8) is 0 Å². The summed E-state index contributed by atoms with van der Waals surface area (Å²) in [6.45, 7) is 0. The second kappa shape index (κ2) is 5.10. The fourth-order valence-corrected chi connectivity index (χ4v) is 1.59. The highest BCUT2D eigenvalue weighted by Crippen LogP contribution is 2.20. The number of hydrogen-bond acceptors (Lipinski definition) is 4. The normalized spacial score (nSPS) is 10.2. The zero-order chi connectivity index (χ0) is 13.1. The van der Waals surface area contributed by atoms with E-state index in [9.17, 15) is 9.18 Å². The van der Waals surface area contributed by atoms with Crippen LogP contribution in [0.2, 0.25) is 5.02 Å². The average molecular weight is 267 g/mol. The van der Waals surface area contributed by atoms with Gasteiger partial charge in [-0.15, -0.1) is 0 Å². The van der Waals surface area contributed by atoms with Gasteiger partial charge in [-0.2, -0.15) is 0 Å². The third kappa shape index (κ3) is 2.31. The second-order valence-electron chi connectivity index (χ2n) is 3.37. The first kappa shape index (κ1) is 12.4. The van der Waals surface area contributed by atoms with Gasteiger partial charge in [0.25, 0.3) is 0 Å². The molecule has 0 spiro atoms. The van der Waals surface area contributed by atoms with Crippen molar-refractivity contribution in [3.8, 4) is 5.88 Å². The maximum absolute atomic E-state index is 13.0. The number of aromatic nitrogens is 2. The van der Waals surface area contributed by atoms with Gasteiger partial charge in [0.1, 0.15) is 5.82 Å². The van der Waals surface area contributed by atoms with Crippen molar-refractivity contribution in [2.45, 2.75) is 0 Å². The van der Waals surface area contributed by atoms with Gasteiger partial charge in [0.15, 0.2) is 5.69 Å². The molecule has 1 aromatic carbocycles. The van der Waals surface area contributed by atoms with Crippen molar-refractivity contribution < 1.29 is 13.9 Å². The molecule has 0 aliphatic carbocycles. The van der Waals surface area contributed by atoms with Crippen LogP contribution in [-0.4, -0.2) is 22.9 Å². The highest BCUT2D eigenvalue weighted by Gasteiger charge is 2.17. The van der Waals surface area contributed by atoms with Gasteiger partial charge in [0.05, 0.1) is 12.1 Å². The summed E-state index contributed by atoms with van der Waals surface area (Å²) in [5.74, 6) is -0.899. The Morgan fingerprint density at radius 2 is 2.06 bits per heavy atom. The van der Waals surface area contributed by atoms with Gasteiger partial charge < -0.3 is 4.74 Å². The molecule has 0 saturated heterocycles. The van der Waals surface area contributed by atoms with Crippen LogP contribution in [0.1, 0.15) is 16.1 Å². The van der Waals surface area contributed by atoms with Crippen molar-refractivity contribution in [1.29, 1.82) is 0 Å². The SMILES string of the molecule is COc1nccnc1C(=O)c1ccc(F)c(Cl)c1. The standard InChI is InChI=1S/C12H8ClFN2O2/c1-18-12-10(15-4-5-16-12)11(17)7-2-3-9(14)8(13)6-7/h2-6H,1H3. The molecule has 0 bridgehead atoms. The summed E-state index contributed by atoms with van der Waals surface area (Å²) >= 11 is 5.62. The van der Waals surface area contributed by atoms with E-state index in [-0.39, 0.29) is 22.2 Å². The van der Waals surface area contributed by atoms with Gasteiger partial charge >= 0.3 is 0 Å². The quantitative estimate of drug-likeness (QED) is 0.801. The van der Waals surface area contributed by atoms with Gasteiger partial charge in [-0.05, 0) is 18.2 Å². The number of benzene rings is 1. The fourth-order valence-electron chi connectivity index (χ4n) is 1.40. The molecule has 1 heterocycles. The molecule has 0 aliphatic rings. The minimum atomic E-state index is -0.584. The number of methoxy groups -OCH3 is 1. The summed E-state index contributed by atoms with van der Waals surface area (Å²) in [7, 11) is 1.39. The summed E-state index contributed by atoms with van der Waals surface area (Å²) < 4.78 is 18.0. The molecule has 0 N–H and O–H groups in total. The van der Waals surface area contributed by atoms with E-state index in [2.05, 4.69) is 9.97 Å². The highest BCUT2D eigenvalue weighted by atomic mass is 35.5. The molecule has 92 valence electrons. The molecule has 1 aromatic heterocycles. The minimum absolute atomic E-state index is 0.0580. The van der Waals surface area contributed by atoms with E-state index in [4.69, 9.17) is 16.3 Å². The molecule has 4 nitrogen and oxygen atoms in total. The van der Waals surface area contributed by atoms with Crippen LogP contribution in [0, 0.1) is 5.82 Å². The van der Waals surface area contributed by atoms with E-state index in [1.807, 2.05) is 0 Å². The van der Waals surface area contributed by atoms with Crippen LogP contribution in [-0.2, 0) is 0 Å². The zero-order valence-corrected chi connectivity index (χ0v) is 10.1. The predicted molar refractivity (Wildman–Crippen MR) is 63.4 cm³/mol. The summed E-state index contributed by atoms with van der Waals surface area (Å²) in [4.78, 5) is 19.9. The van der Waals surface area contributed by atoms with E-state index in [0.717, 1.165) is 6.07 Å². The molecule has 18 heavy (non-hydrogen) atoms. The Kier molecular flexibility index (Phi) is 3.53.